The Bertz CT molecular complexity index is 1900. The molecule has 47 heavy (non-hydrogen) atoms. The molecule has 1 N–H and O–H groups in total. The molecule has 1 aliphatic rings. The normalized spacial score (nSPS) is 15.6. The van der Waals surface area contributed by atoms with Crippen LogP contribution in [-0.2, 0) is 15.3 Å². The number of ketones is 1. The Morgan fingerprint density at radius 1 is 0.915 bits per heavy atom. The number of thioether (sulfide) groups is 1. The number of benzene rings is 4. The third kappa shape index (κ3) is 7.37. The molecule has 0 bridgehead atoms. The first-order valence-electron chi connectivity index (χ1n) is 15.0. The van der Waals surface area contributed by atoms with Crippen LogP contribution < -0.4 is 14.4 Å². The van der Waals surface area contributed by atoms with Gasteiger partial charge in [-0.05, 0) is 78.2 Å². The summed E-state index contributed by atoms with van der Waals surface area (Å²) in [4.78, 5) is 28.7. The van der Waals surface area contributed by atoms with E-state index in [0.29, 0.717) is 45.1 Å². The summed E-state index contributed by atoms with van der Waals surface area (Å²) >= 11 is 2.53. The third-order valence-corrected chi connectivity index (χ3v) is 9.50. The van der Waals surface area contributed by atoms with Gasteiger partial charge >= 0.3 is 5.91 Å². The third-order valence-electron chi connectivity index (χ3n) is 7.37. The summed E-state index contributed by atoms with van der Waals surface area (Å²) < 4.78 is 25.7. The highest BCUT2D eigenvalue weighted by atomic mass is 32.2. The monoisotopic (exact) mass is 667 g/mol. The topological polar surface area (TPSA) is 102 Å². The first kappa shape index (κ1) is 32.0. The van der Waals surface area contributed by atoms with Gasteiger partial charge in [0.15, 0.2) is 4.34 Å². The molecule has 1 amide bonds. The zero-order valence-corrected chi connectivity index (χ0v) is 27.0. The van der Waals surface area contributed by atoms with E-state index in [9.17, 15) is 19.1 Å². The van der Waals surface area contributed by atoms with E-state index in [4.69, 9.17) is 9.47 Å². The maximum Gasteiger partial charge on any atom is 0.301 e. The first-order chi connectivity index (χ1) is 22.9. The van der Waals surface area contributed by atoms with Crippen LogP contribution in [0.4, 0.5) is 9.52 Å². The average Bonchev–Trinajstić information content (AvgIpc) is 3.66. The highest BCUT2D eigenvalue weighted by Gasteiger charge is 2.48. The number of rotatable bonds is 12. The van der Waals surface area contributed by atoms with Crippen molar-refractivity contribution >= 4 is 45.7 Å². The summed E-state index contributed by atoms with van der Waals surface area (Å²) in [7, 11) is 0. The molecule has 0 radical (unpaired) electrons. The average molecular weight is 668 g/mol. The van der Waals surface area contributed by atoms with Crippen LogP contribution in [-0.4, -0.2) is 33.6 Å². The van der Waals surface area contributed by atoms with Crippen LogP contribution in [0.2, 0.25) is 0 Å². The molecule has 1 atom stereocenters. The molecule has 238 valence electrons. The fourth-order valence-electron chi connectivity index (χ4n) is 5.00. The number of carbonyl (C=O) groups is 2. The van der Waals surface area contributed by atoms with E-state index < -0.39 is 17.7 Å². The molecular weight excluding hydrogens is 638 g/mol. The lowest BCUT2D eigenvalue weighted by Gasteiger charge is -2.23. The number of halogens is 1. The van der Waals surface area contributed by atoms with Gasteiger partial charge in [-0.3, -0.25) is 14.5 Å². The predicted molar refractivity (Wildman–Crippen MR) is 180 cm³/mol. The van der Waals surface area contributed by atoms with Gasteiger partial charge in [-0.15, -0.1) is 10.2 Å². The number of anilines is 1. The second kappa shape index (κ2) is 14.6. The van der Waals surface area contributed by atoms with Crippen LogP contribution in [0.5, 0.6) is 17.2 Å². The van der Waals surface area contributed by atoms with Gasteiger partial charge in [-0.25, -0.2) is 4.39 Å². The van der Waals surface area contributed by atoms with Crippen LogP contribution in [0.3, 0.4) is 0 Å². The van der Waals surface area contributed by atoms with Gasteiger partial charge in [0.25, 0.3) is 5.78 Å². The van der Waals surface area contributed by atoms with Crippen molar-refractivity contribution < 1.29 is 28.6 Å². The van der Waals surface area contributed by atoms with Gasteiger partial charge in [0, 0.05) is 11.3 Å². The lowest BCUT2D eigenvalue weighted by Crippen LogP contribution is -2.29. The fraction of sp³-hybridized carbons (Fsp3) is 0.167. The van der Waals surface area contributed by atoms with Gasteiger partial charge in [-0.1, -0.05) is 78.9 Å². The van der Waals surface area contributed by atoms with Crippen molar-refractivity contribution in [2.75, 3.05) is 11.5 Å². The molecule has 6 rings (SSSR count). The van der Waals surface area contributed by atoms with Crippen molar-refractivity contribution in [2.24, 2.45) is 0 Å². The second-order valence-corrected chi connectivity index (χ2v) is 12.8. The van der Waals surface area contributed by atoms with Crippen LogP contribution in [0.1, 0.15) is 42.5 Å². The van der Waals surface area contributed by atoms with Gasteiger partial charge in [0.1, 0.15) is 28.8 Å². The number of aliphatic hydroxyl groups excluding tert-OH is 1. The minimum atomic E-state index is -1.02. The number of aliphatic hydroxyl groups is 1. The number of hydrogen-bond donors (Lipinski definition) is 1. The van der Waals surface area contributed by atoms with Crippen LogP contribution in [0.15, 0.2) is 113 Å². The van der Waals surface area contributed by atoms with Crippen LogP contribution in [0, 0.1) is 5.82 Å². The second-order valence-electron chi connectivity index (χ2n) is 10.6. The molecule has 1 aromatic heterocycles. The van der Waals surface area contributed by atoms with Gasteiger partial charge < -0.3 is 14.6 Å². The molecule has 0 saturated carbocycles. The SMILES string of the molecule is CCCCOc1ccc(C(O)=C2C(=O)C(=O)N(c3nnc(SCc4ccc(F)cc4)s3)C2c2cccc(Oc3ccccc3)c2)cc1. The molecule has 2 heterocycles. The van der Waals surface area contributed by atoms with Crippen molar-refractivity contribution in [3.8, 4) is 17.2 Å². The van der Waals surface area contributed by atoms with E-state index in [-0.39, 0.29) is 22.3 Å². The number of unbranched alkanes of at least 4 members (excludes halogenated alkanes) is 1. The summed E-state index contributed by atoms with van der Waals surface area (Å²) in [6.07, 6.45) is 1.91. The number of ether oxygens (including phenoxy) is 2. The van der Waals surface area contributed by atoms with Crippen LogP contribution in [0.25, 0.3) is 5.76 Å². The number of hydrogen-bond acceptors (Lipinski definition) is 9. The molecule has 1 unspecified atom stereocenters. The lowest BCUT2D eigenvalue weighted by atomic mass is 9.95. The highest BCUT2D eigenvalue weighted by molar-refractivity contribution is 8.00. The summed E-state index contributed by atoms with van der Waals surface area (Å²) in [6.45, 7) is 2.65. The maximum absolute atomic E-state index is 13.7. The minimum Gasteiger partial charge on any atom is -0.507 e. The largest absolute Gasteiger partial charge is 0.507 e. The van der Waals surface area contributed by atoms with Gasteiger partial charge in [-0.2, -0.15) is 0 Å². The fourth-order valence-corrected chi connectivity index (χ4v) is 6.82. The first-order valence-corrected chi connectivity index (χ1v) is 16.8. The molecule has 1 saturated heterocycles. The Hall–Kier alpha value is -5.00. The Balaban J connectivity index is 1.36. The summed E-state index contributed by atoms with van der Waals surface area (Å²) in [5, 5.41) is 20.3. The number of Topliss-reactive ketones (excluding diaryl/α,β-unsaturated/α-hetero) is 1. The zero-order valence-electron chi connectivity index (χ0n) is 25.3. The molecular formula is C36H30FN3O5S2. The Morgan fingerprint density at radius 2 is 1.66 bits per heavy atom. The minimum absolute atomic E-state index is 0.0813. The summed E-state index contributed by atoms with van der Waals surface area (Å²) in [6, 6.07) is 28.2. The van der Waals surface area contributed by atoms with Crippen LogP contribution >= 0.6 is 23.1 Å². The molecule has 0 aliphatic carbocycles. The van der Waals surface area contributed by atoms with E-state index in [1.807, 2.05) is 30.3 Å². The number of amides is 1. The molecule has 0 spiro atoms. The van der Waals surface area contributed by atoms with E-state index >= 15 is 0 Å². The van der Waals surface area contributed by atoms with Gasteiger partial charge in [0.05, 0.1) is 18.2 Å². The Morgan fingerprint density at radius 3 is 2.40 bits per heavy atom. The molecule has 1 fully saturated rings. The van der Waals surface area contributed by atoms with E-state index in [1.165, 1.54) is 28.8 Å². The van der Waals surface area contributed by atoms with Crippen molar-refractivity contribution in [3.63, 3.8) is 0 Å². The quantitative estimate of drug-likeness (QED) is 0.0353. The zero-order chi connectivity index (χ0) is 32.8. The standard InChI is InChI=1S/C36H30FN3O5S2/c1-2-3-20-44-27-18-14-24(15-19-27)32(41)30-31(25-8-7-11-29(21-25)45-28-9-5-4-6-10-28)40(34(43)33(30)42)35-38-39-36(47-35)46-22-23-12-16-26(37)17-13-23/h4-19,21,31,41H,2-3,20,22H2,1H3. The molecule has 11 heteroatoms. The molecule has 4 aromatic carbocycles. The summed E-state index contributed by atoms with van der Waals surface area (Å²) in [5.41, 5.74) is 1.71. The Labute approximate surface area is 279 Å². The smallest absolute Gasteiger partial charge is 0.301 e. The maximum atomic E-state index is 13.7. The van der Waals surface area contributed by atoms with Crippen molar-refractivity contribution in [3.05, 3.63) is 131 Å². The summed E-state index contributed by atoms with van der Waals surface area (Å²) in [5.74, 6) is -0.0706. The molecule has 8 nitrogen and oxygen atoms in total. The van der Waals surface area contributed by atoms with Gasteiger partial charge in [0.2, 0.25) is 5.13 Å². The number of para-hydroxylation sites is 1. The highest BCUT2D eigenvalue weighted by Crippen LogP contribution is 2.45. The molecule has 1 aliphatic heterocycles. The lowest BCUT2D eigenvalue weighted by molar-refractivity contribution is -0.132. The molecule has 5 aromatic rings. The number of carbonyl (C=O) groups excluding carboxylic acids is 2. The van der Waals surface area contributed by atoms with Crippen molar-refractivity contribution in [1.29, 1.82) is 0 Å². The van der Waals surface area contributed by atoms with Crippen molar-refractivity contribution in [2.45, 2.75) is 35.9 Å². The van der Waals surface area contributed by atoms with Crippen molar-refractivity contribution in [1.82, 2.24) is 10.2 Å². The number of nitrogens with zero attached hydrogens (tertiary/aromatic N) is 3. The predicted octanol–water partition coefficient (Wildman–Crippen LogP) is 8.57. The van der Waals surface area contributed by atoms with E-state index in [1.54, 1.807) is 60.7 Å². The van der Waals surface area contributed by atoms with E-state index in [2.05, 4.69) is 17.1 Å². The van der Waals surface area contributed by atoms with E-state index in [0.717, 1.165) is 29.7 Å². The number of aromatic nitrogens is 2. The Kier molecular flexibility index (Phi) is 9.94.